The third-order valence-electron chi connectivity index (χ3n) is 3.17. The second-order valence-corrected chi connectivity index (χ2v) is 6.64. The molecule has 3 N–H and O–H groups in total. The summed E-state index contributed by atoms with van der Waals surface area (Å²) in [4.78, 5) is 13.2. The zero-order chi connectivity index (χ0) is 16.2. The van der Waals surface area contributed by atoms with Gasteiger partial charge >= 0.3 is 5.97 Å². The Morgan fingerprint density at radius 3 is 2.52 bits per heavy atom. The molecule has 0 fully saturated rings. The lowest BCUT2D eigenvalue weighted by molar-refractivity contribution is 0.0600. The fourth-order valence-electron chi connectivity index (χ4n) is 1.53. The maximum atomic E-state index is 12.2. The van der Waals surface area contributed by atoms with Crippen molar-refractivity contribution in [3.8, 4) is 0 Å². The Bertz CT molecular complexity index is 614. The molecule has 1 atom stereocenters. The molecule has 0 radical (unpaired) electrons. The monoisotopic (exact) mass is 315 g/mol. The van der Waals surface area contributed by atoms with E-state index in [1.54, 1.807) is 0 Å². The molecule has 1 aromatic rings. The van der Waals surface area contributed by atoms with Gasteiger partial charge in [0, 0.05) is 12.6 Å². The zero-order valence-electron chi connectivity index (χ0n) is 12.6. The highest BCUT2D eigenvalue weighted by molar-refractivity contribution is 7.89. The molecule has 0 aliphatic carbocycles. The Kier molecular flexibility index (Phi) is 5.70. The topological polar surface area (TPSA) is 102 Å². The van der Waals surface area contributed by atoms with Crippen LogP contribution >= 0.6 is 0 Å². The summed E-state index contributed by atoms with van der Waals surface area (Å²) in [7, 11) is 1.24. The van der Waals surface area contributed by atoms with E-state index in [-0.39, 0.29) is 28.7 Å². The van der Waals surface area contributed by atoms with E-state index < -0.39 is 16.0 Å². The van der Waals surface area contributed by atoms with Gasteiger partial charge in [0.15, 0.2) is 0 Å². The van der Waals surface area contributed by atoms with Gasteiger partial charge < -0.3 is 15.4 Å². The van der Waals surface area contributed by atoms with Crippen LogP contribution in [0.15, 0.2) is 23.1 Å². The first-order valence-electron chi connectivity index (χ1n) is 6.33. The maximum Gasteiger partial charge on any atom is 0.337 e. The van der Waals surface area contributed by atoms with Crippen LogP contribution in [0, 0.1) is 0 Å². The highest BCUT2D eigenvalue weighted by atomic mass is 32.2. The number of anilines is 1. The number of likely N-dealkylation sites (N-methyl/N-ethyl adjacent to an activating group) is 1. The minimum atomic E-state index is -3.72. The summed E-state index contributed by atoms with van der Waals surface area (Å²) in [5, 5.41) is 0. The highest BCUT2D eigenvalue weighted by Crippen LogP contribution is 2.20. The van der Waals surface area contributed by atoms with Gasteiger partial charge in [0.05, 0.1) is 18.4 Å². The quantitative estimate of drug-likeness (QED) is 0.578. The van der Waals surface area contributed by atoms with E-state index >= 15 is 0 Å². The minimum Gasteiger partial charge on any atom is -0.465 e. The number of nitrogens with two attached hydrogens (primary N) is 1. The van der Waals surface area contributed by atoms with Gasteiger partial charge in [-0.25, -0.2) is 17.9 Å². The van der Waals surface area contributed by atoms with E-state index in [9.17, 15) is 13.2 Å². The average Bonchev–Trinajstić information content (AvgIpc) is 2.43. The summed E-state index contributed by atoms with van der Waals surface area (Å²) >= 11 is 0. The maximum absolute atomic E-state index is 12.2. The molecule has 0 aliphatic rings. The molecule has 0 aliphatic heterocycles. The second-order valence-electron chi connectivity index (χ2n) is 4.91. The lowest BCUT2D eigenvalue weighted by atomic mass is 10.2. The predicted octanol–water partition coefficient (Wildman–Crippen LogP) is 0.284. The number of carbonyl (C=O) groups excluding carboxylic acids is 1. The molecule has 0 bridgehead atoms. The van der Waals surface area contributed by atoms with Crippen LogP contribution in [0.1, 0.15) is 17.3 Å². The van der Waals surface area contributed by atoms with Crippen molar-refractivity contribution < 1.29 is 17.9 Å². The Morgan fingerprint density at radius 1 is 1.43 bits per heavy atom. The molecule has 0 saturated heterocycles. The Hall–Kier alpha value is -1.64. The SMILES string of the molecule is COC(=O)c1ccc(S(=O)(=O)NCC(C)N(C)C)c(N)c1. The number of nitrogen functional groups attached to an aromatic ring is 1. The Balaban J connectivity index is 2.96. The Labute approximate surface area is 125 Å². The average molecular weight is 315 g/mol. The van der Waals surface area contributed by atoms with Crippen LogP contribution in [0.4, 0.5) is 5.69 Å². The van der Waals surface area contributed by atoms with Crippen LogP contribution < -0.4 is 10.5 Å². The fraction of sp³-hybridized carbons (Fsp3) is 0.462. The second kappa shape index (κ2) is 6.88. The van der Waals surface area contributed by atoms with Crippen molar-refractivity contribution in [3.05, 3.63) is 23.8 Å². The van der Waals surface area contributed by atoms with Crippen molar-refractivity contribution in [1.82, 2.24) is 9.62 Å². The van der Waals surface area contributed by atoms with Gasteiger partial charge in [-0.2, -0.15) is 0 Å². The summed E-state index contributed by atoms with van der Waals surface area (Å²) in [5.74, 6) is -0.570. The standard InChI is InChI=1S/C13H21N3O4S/c1-9(16(2)3)8-15-21(18,19)12-6-5-10(7-11(12)14)13(17)20-4/h5-7,9,15H,8,14H2,1-4H3. The van der Waals surface area contributed by atoms with E-state index in [1.807, 2.05) is 25.9 Å². The number of ether oxygens (including phenoxy) is 1. The molecule has 0 spiro atoms. The van der Waals surface area contributed by atoms with E-state index in [4.69, 9.17) is 5.73 Å². The number of esters is 1. The van der Waals surface area contributed by atoms with Crippen molar-refractivity contribution in [2.24, 2.45) is 0 Å². The Morgan fingerprint density at radius 2 is 2.05 bits per heavy atom. The van der Waals surface area contributed by atoms with Gasteiger partial charge in [-0.05, 0) is 39.2 Å². The number of hydrogen-bond acceptors (Lipinski definition) is 6. The van der Waals surface area contributed by atoms with Crippen LogP contribution in [0.3, 0.4) is 0 Å². The zero-order valence-corrected chi connectivity index (χ0v) is 13.4. The van der Waals surface area contributed by atoms with Crippen molar-refractivity contribution in [2.75, 3.05) is 33.5 Å². The number of carbonyl (C=O) groups is 1. The van der Waals surface area contributed by atoms with E-state index in [0.717, 1.165) is 0 Å². The number of nitrogens with zero attached hydrogens (tertiary/aromatic N) is 1. The summed E-state index contributed by atoms with van der Waals surface area (Å²) in [6, 6.07) is 3.99. The molecule has 7 nitrogen and oxygen atoms in total. The van der Waals surface area contributed by atoms with Gasteiger partial charge in [0.2, 0.25) is 10.0 Å². The van der Waals surface area contributed by atoms with Gasteiger partial charge in [-0.3, -0.25) is 0 Å². The molecule has 0 saturated carbocycles. The van der Waals surface area contributed by atoms with E-state index in [1.165, 1.54) is 25.3 Å². The van der Waals surface area contributed by atoms with Gasteiger partial charge in [-0.1, -0.05) is 0 Å². The van der Waals surface area contributed by atoms with Gasteiger partial charge in [-0.15, -0.1) is 0 Å². The van der Waals surface area contributed by atoms with Crippen LogP contribution in [0.2, 0.25) is 0 Å². The molecule has 118 valence electrons. The number of rotatable bonds is 6. The highest BCUT2D eigenvalue weighted by Gasteiger charge is 2.20. The molecule has 1 unspecified atom stereocenters. The molecule has 0 aromatic heterocycles. The summed E-state index contributed by atoms with van der Waals surface area (Å²) in [5.41, 5.74) is 5.94. The van der Waals surface area contributed by atoms with Gasteiger partial charge in [0.25, 0.3) is 0 Å². The first-order chi connectivity index (χ1) is 9.69. The van der Waals surface area contributed by atoms with Crippen LogP contribution in [-0.2, 0) is 14.8 Å². The molecular formula is C13H21N3O4S. The lowest BCUT2D eigenvalue weighted by Crippen LogP contribution is -2.38. The van der Waals surface area contributed by atoms with Crippen LogP contribution in [0.25, 0.3) is 0 Å². The number of nitrogens with one attached hydrogen (secondary N) is 1. The number of benzene rings is 1. The molecule has 0 amide bonds. The number of hydrogen-bond donors (Lipinski definition) is 2. The van der Waals surface area contributed by atoms with Crippen LogP contribution in [0.5, 0.6) is 0 Å². The summed E-state index contributed by atoms with van der Waals surface area (Å²) < 4.78 is 31.5. The van der Waals surface area contributed by atoms with Crippen molar-refractivity contribution >= 4 is 21.7 Å². The molecule has 1 aromatic carbocycles. The predicted molar refractivity (Wildman–Crippen MR) is 80.5 cm³/mol. The number of sulfonamides is 1. The van der Waals surface area contributed by atoms with Crippen molar-refractivity contribution in [3.63, 3.8) is 0 Å². The number of methoxy groups -OCH3 is 1. The van der Waals surface area contributed by atoms with E-state index in [0.29, 0.717) is 0 Å². The smallest absolute Gasteiger partial charge is 0.337 e. The van der Waals surface area contributed by atoms with Crippen molar-refractivity contribution in [1.29, 1.82) is 0 Å². The molecular weight excluding hydrogens is 294 g/mol. The third kappa shape index (κ3) is 4.42. The third-order valence-corrected chi connectivity index (χ3v) is 4.67. The van der Waals surface area contributed by atoms with Gasteiger partial charge in [0.1, 0.15) is 4.90 Å². The van der Waals surface area contributed by atoms with E-state index in [2.05, 4.69) is 9.46 Å². The normalized spacial score (nSPS) is 13.2. The molecule has 21 heavy (non-hydrogen) atoms. The van der Waals surface area contributed by atoms with Crippen LogP contribution in [-0.4, -0.2) is 53.1 Å². The fourth-order valence-corrected chi connectivity index (χ4v) is 2.76. The minimum absolute atomic E-state index is 0.00269. The first-order valence-corrected chi connectivity index (χ1v) is 7.81. The first kappa shape index (κ1) is 17.4. The summed E-state index contributed by atoms with van der Waals surface area (Å²) in [6.45, 7) is 2.15. The lowest BCUT2D eigenvalue weighted by Gasteiger charge is -2.20. The molecule has 1 rings (SSSR count). The molecule has 0 heterocycles. The summed E-state index contributed by atoms with van der Waals surface area (Å²) in [6.07, 6.45) is 0. The van der Waals surface area contributed by atoms with Crippen molar-refractivity contribution in [2.45, 2.75) is 17.9 Å². The largest absolute Gasteiger partial charge is 0.465 e. The molecule has 8 heteroatoms.